The number of aromatic nitrogens is 1. The van der Waals surface area contributed by atoms with E-state index in [2.05, 4.69) is 10.3 Å². The molecule has 0 saturated heterocycles. The summed E-state index contributed by atoms with van der Waals surface area (Å²) in [7, 11) is 0. The number of hydrogen-bond donors (Lipinski definition) is 3. The van der Waals surface area contributed by atoms with Crippen molar-refractivity contribution in [2.45, 2.75) is 12.8 Å². The van der Waals surface area contributed by atoms with Crippen LogP contribution in [0.15, 0.2) is 5.38 Å². The highest BCUT2D eigenvalue weighted by Gasteiger charge is 2.09. The third-order valence-electron chi connectivity index (χ3n) is 1.80. The number of thiazole rings is 1. The van der Waals surface area contributed by atoms with Crippen LogP contribution in [0.3, 0.4) is 0 Å². The molecule has 1 aromatic rings. The van der Waals surface area contributed by atoms with Crippen LogP contribution in [0.25, 0.3) is 0 Å². The van der Waals surface area contributed by atoms with Crippen molar-refractivity contribution < 1.29 is 9.59 Å². The summed E-state index contributed by atoms with van der Waals surface area (Å²) in [4.78, 5) is 26.1. The van der Waals surface area contributed by atoms with Gasteiger partial charge in [0.05, 0.1) is 5.01 Å². The van der Waals surface area contributed by atoms with Gasteiger partial charge in [-0.1, -0.05) is 0 Å². The standard InChI is InChI=1S/C9H14N4O2S/c10-3-1-8-13-6(5-16-8)9(15)12-4-2-7(11)14/h5H,1-4,10H2,(H2,11,14)(H,12,15). The van der Waals surface area contributed by atoms with Crippen LogP contribution in [0, 0.1) is 0 Å². The largest absolute Gasteiger partial charge is 0.370 e. The minimum absolute atomic E-state index is 0.130. The first kappa shape index (κ1) is 12.6. The molecule has 1 heterocycles. The summed E-state index contributed by atoms with van der Waals surface area (Å²) in [5.41, 5.74) is 10.7. The fourth-order valence-corrected chi connectivity index (χ4v) is 1.84. The third-order valence-corrected chi connectivity index (χ3v) is 2.71. The van der Waals surface area contributed by atoms with E-state index in [-0.39, 0.29) is 18.9 Å². The predicted octanol–water partition coefficient (Wildman–Crippen LogP) is -0.750. The van der Waals surface area contributed by atoms with Crippen molar-refractivity contribution in [2.24, 2.45) is 11.5 Å². The lowest BCUT2D eigenvalue weighted by Crippen LogP contribution is -2.28. The molecule has 0 aromatic carbocycles. The van der Waals surface area contributed by atoms with Crippen LogP contribution >= 0.6 is 11.3 Å². The third kappa shape index (κ3) is 3.95. The molecule has 2 amide bonds. The molecule has 1 rings (SSSR count). The van der Waals surface area contributed by atoms with E-state index >= 15 is 0 Å². The van der Waals surface area contributed by atoms with E-state index in [0.717, 1.165) is 5.01 Å². The van der Waals surface area contributed by atoms with Crippen molar-refractivity contribution >= 4 is 23.2 Å². The van der Waals surface area contributed by atoms with Gasteiger partial charge in [-0.25, -0.2) is 4.98 Å². The number of nitrogens with two attached hydrogens (primary N) is 2. The summed E-state index contributed by atoms with van der Waals surface area (Å²) in [6.07, 6.45) is 0.796. The van der Waals surface area contributed by atoms with Crippen LogP contribution in [0.4, 0.5) is 0 Å². The molecule has 0 spiro atoms. The van der Waals surface area contributed by atoms with Crippen LogP contribution in [-0.4, -0.2) is 29.9 Å². The van der Waals surface area contributed by atoms with E-state index in [4.69, 9.17) is 11.5 Å². The molecule has 0 fully saturated rings. The van der Waals surface area contributed by atoms with Gasteiger partial charge in [0.15, 0.2) is 0 Å². The monoisotopic (exact) mass is 242 g/mol. The summed E-state index contributed by atoms with van der Waals surface area (Å²) in [6.45, 7) is 0.744. The molecule has 0 bridgehead atoms. The van der Waals surface area contributed by atoms with Crippen LogP contribution in [0.2, 0.25) is 0 Å². The first-order chi connectivity index (χ1) is 7.63. The minimum Gasteiger partial charge on any atom is -0.370 e. The number of nitrogens with zero attached hydrogens (tertiary/aromatic N) is 1. The SMILES string of the molecule is NCCc1nc(C(=O)NCCC(N)=O)cs1. The van der Waals surface area contributed by atoms with Crippen molar-refractivity contribution in [1.82, 2.24) is 10.3 Å². The smallest absolute Gasteiger partial charge is 0.270 e. The van der Waals surface area contributed by atoms with Crippen LogP contribution in [0.1, 0.15) is 21.9 Å². The van der Waals surface area contributed by atoms with Gasteiger partial charge in [-0.2, -0.15) is 0 Å². The zero-order chi connectivity index (χ0) is 12.0. The van der Waals surface area contributed by atoms with Crippen LogP contribution in [0.5, 0.6) is 0 Å². The first-order valence-corrected chi connectivity index (χ1v) is 5.72. The first-order valence-electron chi connectivity index (χ1n) is 4.84. The molecule has 0 aliphatic heterocycles. The summed E-state index contributed by atoms with van der Waals surface area (Å²) in [5, 5.41) is 5.07. The second-order valence-electron chi connectivity index (χ2n) is 3.14. The Kier molecular flexibility index (Phi) is 4.87. The Hall–Kier alpha value is -1.47. The number of carbonyl (C=O) groups excluding carboxylic acids is 2. The quantitative estimate of drug-likeness (QED) is 0.609. The van der Waals surface area contributed by atoms with Gasteiger partial charge < -0.3 is 16.8 Å². The van der Waals surface area contributed by atoms with Crippen molar-refractivity contribution in [3.05, 3.63) is 16.1 Å². The van der Waals surface area contributed by atoms with Crippen LogP contribution < -0.4 is 16.8 Å². The fraction of sp³-hybridized carbons (Fsp3) is 0.444. The average Bonchev–Trinajstić information content (AvgIpc) is 2.66. The Labute approximate surface area is 97.0 Å². The zero-order valence-electron chi connectivity index (χ0n) is 8.73. The molecule has 0 atom stereocenters. The lowest BCUT2D eigenvalue weighted by atomic mass is 10.4. The highest BCUT2D eigenvalue weighted by atomic mass is 32.1. The van der Waals surface area contributed by atoms with Gasteiger partial charge in [0.25, 0.3) is 5.91 Å². The summed E-state index contributed by atoms with van der Waals surface area (Å²) in [5.74, 6) is -0.733. The summed E-state index contributed by atoms with van der Waals surface area (Å²) >= 11 is 1.40. The van der Waals surface area contributed by atoms with E-state index in [1.807, 2.05) is 0 Å². The molecule has 5 N–H and O–H groups in total. The molecule has 0 aliphatic carbocycles. The highest BCUT2D eigenvalue weighted by Crippen LogP contribution is 2.09. The average molecular weight is 242 g/mol. The number of amides is 2. The molecule has 16 heavy (non-hydrogen) atoms. The van der Waals surface area contributed by atoms with Crippen molar-refractivity contribution in [1.29, 1.82) is 0 Å². The number of hydrogen-bond acceptors (Lipinski definition) is 5. The fourth-order valence-electron chi connectivity index (χ4n) is 1.04. The number of nitrogens with one attached hydrogen (secondary N) is 1. The van der Waals surface area contributed by atoms with Gasteiger partial charge in [-0.15, -0.1) is 11.3 Å². The van der Waals surface area contributed by atoms with Gasteiger partial charge in [-0.05, 0) is 6.54 Å². The molecule has 0 saturated carbocycles. The Morgan fingerprint density at radius 2 is 2.25 bits per heavy atom. The maximum atomic E-state index is 11.5. The minimum atomic E-state index is -0.442. The van der Waals surface area contributed by atoms with Gasteiger partial charge >= 0.3 is 0 Å². The van der Waals surface area contributed by atoms with Crippen molar-refractivity contribution in [2.75, 3.05) is 13.1 Å². The van der Waals surface area contributed by atoms with Crippen molar-refractivity contribution in [3.63, 3.8) is 0 Å². The Morgan fingerprint density at radius 1 is 1.50 bits per heavy atom. The highest BCUT2D eigenvalue weighted by molar-refractivity contribution is 7.09. The second kappa shape index (κ2) is 6.19. The van der Waals surface area contributed by atoms with E-state index in [9.17, 15) is 9.59 Å². The van der Waals surface area contributed by atoms with E-state index in [1.54, 1.807) is 5.38 Å². The Bertz CT molecular complexity index is 377. The number of primary amides is 1. The van der Waals surface area contributed by atoms with Gasteiger partial charge in [0.2, 0.25) is 5.91 Å². The predicted molar refractivity (Wildman–Crippen MR) is 61.0 cm³/mol. The molecule has 6 nitrogen and oxygen atoms in total. The number of rotatable bonds is 6. The Morgan fingerprint density at radius 3 is 2.88 bits per heavy atom. The van der Waals surface area contributed by atoms with E-state index < -0.39 is 5.91 Å². The second-order valence-corrected chi connectivity index (χ2v) is 4.08. The topological polar surface area (TPSA) is 111 Å². The maximum absolute atomic E-state index is 11.5. The maximum Gasteiger partial charge on any atom is 0.270 e. The molecule has 0 unspecified atom stereocenters. The molecule has 0 aliphatic rings. The summed E-state index contributed by atoms with van der Waals surface area (Å²) < 4.78 is 0. The normalized spacial score (nSPS) is 10.1. The van der Waals surface area contributed by atoms with E-state index in [1.165, 1.54) is 11.3 Å². The molecule has 88 valence electrons. The van der Waals surface area contributed by atoms with Gasteiger partial charge in [0.1, 0.15) is 5.69 Å². The van der Waals surface area contributed by atoms with Gasteiger partial charge in [0, 0.05) is 24.8 Å². The molecule has 0 radical (unpaired) electrons. The molecular weight excluding hydrogens is 228 g/mol. The zero-order valence-corrected chi connectivity index (χ0v) is 9.55. The number of carbonyl (C=O) groups is 2. The Balaban J connectivity index is 2.43. The molecule has 7 heteroatoms. The van der Waals surface area contributed by atoms with E-state index in [0.29, 0.717) is 18.7 Å². The van der Waals surface area contributed by atoms with Gasteiger partial charge in [-0.3, -0.25) is 9.59 Å². The molecule has 1 aromatic heterocycles. The lowest BCUT2D eigenvalue weighted by Gasteiger charge is -2.00. The van der Waals surface area contributed by atoms with Crippen molar-refractivity contribution in [3.8, 4) is 0 Å². The summed E-state index contributed by atoms with van der Waals surface area (Å²) in [6, 6.07) is 0. The lowest BCUT2D eigenvalue weighted by molar-refractivity contribution is -0.117. The molecular formula is C9H14N4O2S. The van der Waals surface area contributed by atoms with Crippen LogP contribution in [-0.2, 0) is 11.2 Å².